The second kappa shape index (κ2) is 8.35. The molecular formula is C36H38OS2. The van der Waals surface area contributed by atoms with Crippen molar-refractivity contribution in [1.29, 1.82) is 0 Å². The maximum atomic E-state index is 6.51. The van der Waals surface area contributed by atoms with Gasteiger partial charge in [-0.05, 0) is 183 Å². The summed E-state index contributed by atoms with van der Waals surface area (Å²) in [5.41, 5.74) is 0. The minimum Gasteiger partial charge on any atom is -0.457 e. The van der Waals surface area contributed by atoms with Crippen molar-refractivity contribution in [1.82, 2.24) is 0 Å². The highest BCUT2D eigenvalue weighted by atomic mass is 32.1. The molecule has 0 amide bonds. The maximum absolute atomic E-state index is 6.51. The highest BCUT2D eigenvalue weighted by Crippen LogP contribution is 2.62. The quantitative estimate of drug-likeness (QED) is 0.245. The third kappa shape index (κ3) is 3.61. The molecule has 1 nitrogen and oxygen atoms in total. The van der Waals surface area contributed by atoms with Crippen molar-refractivity contribution in [2.45, 2.75) is 76.0 Å². The molecule has 2 aromatic heterocycles. The predicted molar refractivity (Wildman–Crippen MR) is 163 cm³/mol. The van der Waals surface area contributed by atoms with Crippen LogP contribution in [0.1, 0.15) is 85.8 Å². The van der Waals surface area contributed by atoms with Gasteiger partial charge in [0.15, 0.2) is 0 Å². The van der Waals surface area contributed by atoms with E-state index in [2.05, 4.69) is 71.2 Å². The molecule has 12 rings (SSSR count). The summed E-state index contributed by atoms with van der Waals surface area (Å²) in [4.78, 5) is 3.32. The van der Waals surface area contributed by atoms with E-state index in [1.807, 2.05) is 0 Å². The first kappa shape index (κ1) is 22.8. The normalized spacial score (nSPS) is 39.8. The number of fused-ring (bicyclic) bond motifs is 2. The molecule has 8 saturated carbocycles. The average Bonchev–Trinajstić information content (AvgIpc) is 3.51. The van der Waals surface area contributed by atoms with Crippen molar-refractivity contribution >= 4 is 42.8 Å². The second-order valence-corrected chi connectivity index (χ2v) is 16.9. The molecule has 200 valence electrons. The number of thiophene rings is 2. The van der Waals surface area contributed by atoms with E-state index in [1.165, 1.54) is 84.4 Å². The van der Waals surface area contributed by atoms with Gasteiger partial charge in [0, 0.05) is 19.2 Å². The zero-order valence-electron chi connectivity index (χ0n) is 22.7. The van der Waals surface area contributed by atoms with Crippen LogP contribution in [0, 0.1) is 47.3 Å². The lowest BCUT2D eigenvalue weighted by Crippen LogP contribution is -2.43. The topological polar surface area (TPSA) is 9.23 Å². The van der Waals surface area contributed by atoms with Crippen LogP contribution in [0.5, 0.6) is 11.5 Å². The van der Waals surface area contributed by atoms with Crippen LogP contribution in [0.25, 0.3) is 20.2 Å². The number of benzene rings is 2. The van der Waals surface area contributed by atoms with E-state index in [0.717, 1.165) is 70.7 Å². The Bertz CT molecular complexity index is 1420. The van der Waals surface area contributed by atoms with Crippen LogP contribution < -0.4 is 4.74 Å². The highest BCUT2D eigenvalue weighted by molar-refractivity contribution is 7.19. The Morgan fingerprint density at radius 3 is 1.23 bits per heavy atom. The molecular weight excluding hydrogens is 513 g/mol. The summed E-state index contributed by atoms with van der Waals surface area (Å²) in [6, 6.07) is 18.6. The summed E-state index contributed by atoms with van der Waals surface area (Å²) >= 11 is 4.11. The first-order chi connectivity index (χ1) is 19.2. The standard InChI is InChI=1S/C36H38OS2/c1-3-29(17-31-23(1)15-33(38-31)35-25-7-19-5-20(9-25)10-26(35)8-19)37-30-4-2-24-16-34(39-32(24)18-30)36-27-11-21-6-22(13-27)14-28(36)12-21/h1-4,15-22,25-28,35-36H,5-14H2. The van der Waals surface area contributed by atoms with Gasteiger partial charge < -0.3 is 4.74 Å². The van der Waals surface area contributed by atoms with Crippen LogP contribution in [0.15, 0.2) is 48.5 Å². The van der Waals surface area contributed by atoms with Gasteiger partial charge in [-0.3, -0.25) is 0 Å². The molecule has 0 atom stereocenters. The van der Waals surface area contributed by atoms with Crippen LogP contribution in [0.3, 0.4) is 0 Å². The molecule has 0 unspecified atom stereocenters. The molecule has 8 aliphatic rings. The van der Waals surface area contributed by atoms with Gasteiger partial charge in [-0.1, -0.05) is 0 Å². The van der Waals surface area contributed by atoms with Gasteiger partial charge in [0.2, 0.25) is 0 Å². The molecule has 2 aromatic carbocycles. The molecule has 2 heterocycles. The van der Waals surface area contributed by atoms with E-state index in [1.54, 1.807) is 9.75 Å². The smallest absolute Gasteiger partial charge is 0.128 e. The van der Waals surface area contributed by atoms with Crippen molar-refractivity contribution in [3.05, 3.63) is 58.3 Å². The lowest BCUT2D eigenvalue weighted by molar-refractivity contribution is -0.00163. The molecule has 0 spiro atoms. The Morgan fingerprint density at radius 1 is 0.462 bits per heavy atom. The lowest BCUT2D eigenvalue weighted by atomic mass is 9.51. The first-order valence-electron chi connectivity index (χ1n) is 15.9. The first-order valence-corrected chi connectivity index (χ1v) is 17.6. The van der Waals surface area contributed by atoms with Crippen LogP contribution in [-0.4, -0.2) is 0 Å². The van der Waals surface area contributed by atoms with Gasteiger partial charge in [-0.2, -0.15) is 0 Å². The number of hydrogen-bond donors (Lipinski definition) is 0. The molecule has 8 bridgehead atoms. The van der Waals surface area contributed by atoms with E-state index in [0.29, 0.717) is 0 Å². The number of hydrogen-bond acceptors (Lipinski definition) is 3. The number of ether oxygens (including phenoxy) is 1. The summed E-state index contributed by atoms with van der Waals surface area (Å²) in [5, 5.41) is 2.82. The minimum absolute atomic E-state index is 0.824. The van der Waals surface area contributed by atoms with Crippen molar-refractivity contribution in [3.63, 3.8) is 0 Å². The Balaban J connectivity index is 0.914. The summed E-state index contributed by atoms with van der Waals surface area (Å²) in [6.45, 7) is 0. The van der Waals surface area contributed by atoms with E-state index in [-0.39, 0.29) is 0 Å². The van der Waals surface area contributed by atoms with E-state index in [4.69, 9.17) is 4.74 Å². The Morgan fingerprint density at radius 2 is 0.846 bits per heavy atom. The largest absolute Gasteiger partial charge is 0.457 e. The Kier molecular flexibility index (Phi) is 4.88. The lowest BCUT2D eigenvalue weighted by Gasteiger charge is -2.54. The van der Waals surface area contributed by atoms with Gasteiger partial charge in [0.1, 0.15) is 11.5 Å². The fourth-order valence-corrected chi connectivity index (χ4v) is 14.2. The SMILES string of the molecule is c1cc2cc(C3C4CC5CC(C4)CC3C5)sc2cc1Oc1ccc2cc(C3C4CC5CC(C4)CC3C5)sc2c1. The Labute approximate surface area is 240 Å². The Hall–Kier alpha value is -1.84. The summed E-state index contributed by atoms with van der Waals surface area (Å²) in [6.07, 6.45) is 15.0. The number of rotatable bonds is 4. The fraction of sp³-hybridized carbons (Fsp3) is 0.556. The highest BCUT2D eigenvalue weighted by Gasteiger charge is 2.50. The van der Waals surface area contributed by atoms with Crippen molar-refractivity contribution in [3.8, 4) is 11.5 Å². The van der Waals surface area contributed by atoms with Gasteiger partial charge in [0.25, 0.3) is 0 Å². The van der Waals surface area contributed by atoms with E-state index < -0.39 is 0 Å². The van der Waals surface area contributed by atoms with Crippen molar-refractivity contribution < 1.29 is 4.74 Å². The van der Waals surface area contributed by atoms with Gasteiger partial charge in [-0.25, -0.2) is 0 Å². The van der Waals surface area contributed by atoms with Gasteiger partial charge in [-0.15, -0.1) is 22.7 Å². The molecule has 3 heteroatoms. The molecule has 8 aliphatic carbocycles. The second-order valence-electron chi connectivity index (χ2n) is 14.7. The van der Waals surface area contributed by atoms with Crippen molar-refractivity contribution in [2.24, 2.45) is 47.3 Å². The summed E-state index contributed by atoms with van der Waals surface area (Å²) in [5.74, 6) is 11.6. The molecule has 0 aliphatic heterocycles. The van der Waals surface area contributed by atoms with E-state index in [9.17, 15) is 0 Å². The third-order valence-electron chi connectivity index (χ3n) is 12.4. The zero-order chi connectivity index (χ0) is 25.2. The molecule has 4 aromatic rings. The van der Waals surface area contributed by atoms with E-state index >= 15 is 0 Å². The summed E-state index contributed by atoms with van der Waals surface area (Å²) < 4.78 is 9.31. The molecule has 0 radical (unpaired) electrons. The van der Waals surface area contributed by atoms with Crippen molar-refractivity contribution in [2.75, 3.05) is 0 Å². The fourth-order valence-electron chi connectivity index (χ4n) is 11.4. The van der Waals surface area contributed by atoms with Crippen LogP contribution in [0.4, 0.5) is 0 Å². The predicted octanol–water partition coefficient (Wildman–Crippen LogP) is 11.0. The minimum atomic E-state index is 0.824. The average molecular weight is 551 g/mol. The van der Waals surface area contributed by atoms with Gasteiger partial charge in [0.05, 0.1) is 0 Å². The van der Waals surface area contributed by atoms with Crippen LogP contribution in [-0.2, 0) is 0 Å². The third-order valence-corrected chi connectivity index (χ3v) is 14.8. The zero-order valence-corrected chi connectivity index (χ0v) is 24.3. The monoisotopic (exact) mass is 550 g/mol. The maximum Gasteiger partial charge on any atom is 0.128 e. The van der Waals surface area contributed by atoms with Crippen LogP contribution in [0.2, 0.25) is 0 Å². The molecule has 39 heavy (non-hydrogen) atoms. The molecule has 0 N–H and O–H groups in total. The summed E-state index contributed by atoms with van der Waals surface area (Å²) in [7, 11) is 0. The molecule has 8 fully saturated rings. The molecule has 0 saturated heterocycles. The van der Waals surface area contributed by atoms with Crippen LogP contribution >= 0.6 is 22.7 Å². The van der Waals surface area contributed by atoms with Gasteiger partial charge >= 0.3 is 0 Å².